The molecule has 0 heterocycles. The topological polar surface area (TPSA) is 46.2 Å². The van der Waals surface area contributed by atoms with Gasteiger partial charge in [0.2, 0.25) is 0 Å². The average molecular weight is 256 g/mol. The minimum atomic E-state index is -0.0278. The van der Waals surface area contributed by atoms with Gasteiger partial charge in [-0.15, -0.1) is 0 Å². The number of phenols is 1. The van der Waals surface area contributed by atoms with Crippen LogP contribution in [0.2, 0.25) is 0 Å². The third-order valence-electron chi connectivity index (χ3n) is 2.67. The molecule has 0 aliphatic heterocycles. The summed E-state index contributed by atoms with van der Waals surface area (Å²) < 4.78 is 0.969. The summed E-state index contributed by atoms with van der Waals surface area (Å²) in [5, 5.41) is 9.64. The monoisotopic (exact) mass is 255 g/mol. The summed E-state index contributed by atoms with van der Waals surface area (Å²) in [6.45, 7) is 0. The van der Waals surface area contributed by atoms with Crippen LogP contribution in [0.3, 0.4) is 0 Å². The Hall–Kier alpha value is -0.540. The van der Waals surface area contributed by atoms with Crippen molar-refractivity contribution in [2.75, 3.05) is 0 Å². The number of hydrogen-bond acceptors (Lipinski definition) is 2. The van der Waals surface area contributed by atoms with Gasteiger partial charge >= 0.3 is 0 Å². The zero-order valence-corrected chi connectivity index (χ0v) is 9.50. The lowest BCUT2D eigenvalue weighted by Crippen LogP contribution is -2.11. The molecule has 1 aromatic carbocycles. The fourth-order valence-electron chi connectivity index (χ4n) is 1.66. The summed E-state index contributed by atoms with van der Waals surface area (Å²) in [5.74, 6) is 1.09. The van der Waals surface area contributed by atoms with Crippen molar-refractivity contribution in [2.24, 2.45) is 11.7 Å². The molecular weight excluding hydrogens is 242 g/mol. The first kappa shape index (κ1) is 9.99. The number of aromatic hydroxyl groups is 1. The van der Waals surface area contributed by atoms with Crippen LogP contribution in [-0.2, 0) is 0 Å². The normalized spacial score (nSPS) is 18.1. The van der Waals surface area contributed by atoms with E-state index in [2.05, 4.69) is 15.9 Å². The van der Waals surface area contributed by atoms with Gasteiger partial charge in [-0.2, -0.15) is 0 Å². The van der Waals surface area contributed by atoms with E-state index in [-0.39, 0.29) is 6.04 Å². The number of hydrogen-bond donors (Lipinski definition) is 2. The standard InChI is InChI=1S/C11H14BrNO/c12-8-3-4-11(14)9(6-8)10(13)5-7-1-2-7/h3-4,6-7,10,14H,1-2,5,13H2/t10-/m1/s1. The van der Waals surface area contributed by atoms with Gasteiger partial charge in [0.05, 0.1) is 0 Å². The van der Waals surface area contributed by atoms with E-state index in [9.17, 15) is 5.11 Å². The maximum Gasteiger partial charge on any atom is 0.120 e. The van der Waals surface area contributed by atoms with Gasteiger partial charge in [0.25, 0.3) is 0 Å². The number of halogens is 1. The zero-order valence-electron chi connectivity index (χ0n) is 7.91. The number of rotatable bonds is 3. The fourth-order valence-corrected chi connectivity index (χ4v) is 2.04. The molecule has 1 atom stereocenters. The molecule has 0 radical (unpaired) electrons. The van der Waals surface area contributed by atoms with Crippen LogP contribution >= 0.6 is 15.9 Å². The molecular formula is C11H14BrNO. The Labute approximate surface area is 92.3 Å². The molecule has 0 spiro atoms. The van der Waals surface area contributed by atoms with Crippen LogP contribution in [0, 0.1) is 5.92 Å². The second-order valence-electron chi connectivity index (χ2n) is 3.99. The highest BCUT2D eigenvalue weighted by molar-refractivity contribution is 9.10. The first-order valence-corrected chi connectivity index (χ1v) is 5.70. The molecule has 0 bridgehead atoms. The summed E-state index contributed by atoms with van der Waals surface area (Å²) in [4.78, 5) is 0. The third-order valence-corrected chi connectivity index (χ3v) is 3.17. The van der Waals surface area contributed by atoms with Gasteiger partial charge in [-0.3, -0.25) is 0 Å². The van der Waals surface area contributed by atoms with Crippen LogP contribution in [0.15, 0.2) is 22.7 Å². The first-order valence-electron chi connectivity index (χ1n) is 4.91. The van der Waals surface area contributed by atoms with E-state index < -0.39 is 0 Å². The fraction of sp³-hybridized carbons (Fsp3) is 0.455. The Bertz CT molecular complexity index is 336. The van der Waals surface area contributed by atoms with E-state index in [0.29, 0.717) is 5.75 Å². The lowest BCUT2D eigenvalue weighted by molar-refractivity contribution is 0.455. The summed E-state index contributed by atoms with van der Waals surface area (Å²) in [7, 11) is 0. The largest absolute Gasteiger partial charge is 0.508 e. The van der Waals surface area contributed by atoms with Crippen molar-refractivity contribution in [1.82, 2.24) is 0 Å². The smallest absolute Gasteiger partial charge is 0.120 e. The van der Waals surface area contributed by atoms with E-state index in [1.807, 2.05) is 12.1 Å². The Morgan fingerprint density at radius 1 is 1.50 bits per heavy atom. The number of phenolic OH excluding ortho intramolecular Hbond substituents is 1. The van der Waals surface area contributed by atoms with E-state index in [1.54, 1.807) is 6.07 Å². The quantitative estimate of drug-likeness (QED) is 0.873. The van der Waals surface area contributed by atoms with E-state index >= 15 is 0 Å². The van der Waals surface area contributed by atoms with Crippen LogP contribution in [0.25, 0.3) is 0 Å². The Balaban J connectivity index is 2.15. The first-order chi connectivity index (χ1) is 6.66. The van der Waals surface area contributed by atoms with Gasteiger partial charge in [-0.25, -0.2) is 0 Å². The second kappa shape index (κ2) is 3.91. The molecule has 1 aliphatic carbocycles. The van der Waals surface area contributed by atoms with Crippen molar-refractivity contribution in [3.05, 3.63) is 28.2 Å². The average Bonchev–Trinajstić information content (AvgIpc) is 2.93. The van der Waals surface area contributed by atoms with Gasteiger partial charge < -0.3 is 10.8 Å². The van der Waals surface area contributed by atoms with Crippen LogP contribution in [0.5, 0.6) is 5.75 Å². The predicted molar refractivity (Wildman–Crippen MR) is 60.1 cm³/mol. The molecule has 0 amide bonds. The predicted octanol–water partition coefficient (Wildman–Crippen LogP) is 2.95. The molecule has 1 aromatic rings. The van der Waals surface area contributed by atoms with Crippen LogP contribution in [-0.4, -0.2) is 5.11 Å². The third kappa shape index (κ3) is 2.28. The molecule has 14 heavy (non-hydrogen) atoms. The SMILES string of the molecule is N[C@H](CC1CC1)c1cc(Br)ccc1O. The second-order valence-corrected chi connectivity index (χ2v) is 4.90. The van der Waals surface area contributed by atoms with Gasteiger partial charge in [0, 0.05) is 16.1 Å². The van der Waals surface area contributed by atoms with E-state index in [0.717, 1.165) is 22.4 Å². The van der Waals surface area contributed by atoms with Gasteiger partial charge in [-0.1, -0.05) is 28.8 Å². The molecule has 1 fully saturated rings. The highest BCUT2D eigenvalue weighted by Crippen LogP contribution is 2.38. The summed E-state index contributed by atoms with van der Waals surface area (Å²) in [5.41, 5.74) is 6.88. The van der Waals surface area contributed by atoms with Crippen LogP contribution < -0.4 is 5.73 Å². The number of benzene rings is 1. The van der Waals surface area contributed by atoms with Crippen molar-refractivity contribution in [3.63, 3.8) is 0 Å². The van der Waals surface area contributed by atoms with Crippen LogP contribution in [0.4, 0.5) is 0 Å². The maximum atomic E-state index is 9.64. The summed E-state index contributed by atoms with van der Waals surface area (Å²) >= 11 is 3.38. The van der Waals surface area contributed by atoms with Gasteiger partial charge in [0.1, 0.15) is 5.75 Å². The molecule has 1 aliphatic rings. The molecule has 1 saturated carbocycles. The highest BCUT2D eigenvalue weighted by Gasteiger charge is 2.25. The molecule has 2 nitrogen and oxygen atoms in total. The molecule has 76 valence electrons. The lowest BCUT2D eigenvalue weighted by atomic mass is 10.0. The van der Waals surface area contributed by atoms with Gasteiger partial charge in [-0.05, 0) is 30.5 Å². The minimum Gasteiger partial charge on any atom is -0.508 e. The Morgan fingerprint density at radius 2 is 2.21 bits per heavy atom. The molecule has 3 N–H and O–H groups in total. The van der Waals surface area contributed by atoms with Crippen LogP contribution in [0.1, 0.15) is 30.9 Å². The van der Waals surface area contributed by atoms with Crippen molar-refractivity contribution >= 4 is 15.9 Å². The molecule has 3 heteroatoms. The van der Waals surface area contributed by atoms with E-state index in [4.69, 9.17) is 5.73 Å². The zero-order chi connectivity index (χ0) is 10.1. The van der Waals surface area contributed by atoms with Crippen molar-refractivity contribution in [3.8, 4) is 5.75 Å². The van der Waals surface area contributed by atoms with Crippen molar-refractivity contribution in [2.45, 2.75) is 25.3 Å². The molecule has 0 saturated heterocycles. The molecule has 0 unspecified atom stereocenters. The summed E-state index contributed by atoms with van der Waals surface area (Å²) in [6.07, 6.45) is 3.58. The summed E-state index contributed by atoms with van der Waals surface area (Å²) in [6, 6.07) is 5.39. The minimum absolute atomic E-state index is 0.0278. The highest BCUT2D eigenvalue weighted by atomic mass is 79.9. The Morgan fingerprint density at radius 3 is 2.86 bits per heavy atom. The molecule has 0 aromatic heterocycles. The number of nitrogens with two attached hydrogens (primary N) is 1. The molecule has 2 rings (SSSR count). The van der Waals surface area contributed by atoms with E-state index in [1.165, 1.54) is 12.8 Å². The van der Waals surface area contributed by atoms with Crippen molar-refractivity contribution < 1.29 is 5.11 Å². The Kier molecular flexibility index (Phi) is 2.79. The van der Waals surface area contributed by atoms with Gasteiger partial charge in [0.15, 0.2) is 0 Å². The van der Waals surface area contributed by atoms with Crippen molar-refractivity contribution in [1.29, 1.82) is 0 Å². The maximum absolute atomic E-state index is 9.64. The lowest BCUT2D eigenvalue weighted by Gasteiger charge is -2.13.